The molecular formula is C12H15FO2. The summed E-state index contributed by atoms with van der Waals surface area (Å²) >= 11 is 0. The molecule has 0 bridgehead atoms. The van der Waals surface area contributed by atoms with Crippen LogP contribution in [0.1, 0.15) is 24.5 Å². The van der Waals surface area contributed by atoms with Gasteiger partial charge in [0.15, 0.2) is 5.79 Å². The van der Waals surface area contributed by atoms with Crippen LogP contribution in [0.5, 0.6) is 0 Å². The lowest BCUT2D eigenvalue weighted by atomic mass is 10.0. The lowest BCUT2D eigenvalue weighted by Gasteiger charge is -2.34. The van der Waals surface area contributed by atoms with Crippen molar-refractivity contribution in [3.05, 3.63) is 35.1 Å². The molecule has 2 rings (SSSR count). The minimum absolute atomic E-state index is 0.196. The van der Waals surface area contributed by atoms with Crippen molar-refractivity contribution >= 4 is 0 Å². The predicted octanol–water partition coefficient (Wildman–Crippen LogP) is 2.74. The first-order chi connectivity index (χ1) is 7.12. The fourth-order valence-electron chi connectivity index (χ4n) is 1.73. The minimum Gasteiger partial charge on any atom is -0.346 e. The molecule has 1 heterocycles. The van der Waals surface area contributed by atoms with Gasteiger partial charge in [-0.15, -0.1) is 0 Å². The van der Waals surface area contributed by atoms with Crippen LogP contribution in [-0.2, 0) is 15.3 Å². The van der Waals surface area contributed by atoms with Gasteiger partial charge in [-0.3, -0.25) is 0 Å². The second-order valence-corrected chi connectivity index (χ2v) is 3.96. The smallest absolute Gasteiger partial charge is 0.191 e. The second-order valence-electron chi connectivity index (χ2n) is 3.96. The van der Waals surface area contributed by atoms with Crippen molar-refractivity contribution in [2.45, 2.75) is 26.1 Å². The van der Waals surface area contributed by atoms with Crippen molar-refractivity contribution in [2.24, 2.45) is 0 Å². The minimum atomic E-state index is -0.712. The van der Waals surface area contributed by atoms with E-state index in [0.29, 0.717) is 18.8 Å². The Kier molecular flexibility index (Phi) is 2.76. The van der Waals surface area contributed by atoms with Gasteiger partial charge in [0.05, 0.1) is 13.2 Å². The first-order valence-corrected chi connectivity index (χ1v) is 5.16. The molecule has 1 aromatic rings. The summed E-state index contributed by atoms with van der Waals surface area (Å²) in [7, 11) is 0. The topological polar surface area (TPSA) is 18.5 Å². The van der Waals surface area contributed by atoms with E-state index in [-0.39, 0.29) is 5.82 Å². The zero-order valence-electron chi connectivity index (χ0n) is 9.05. The van der Waals surface area contributed by atoms with E-state index < -0.39 is 5.79 Å². The van der Waals surface area contributed by atoms with Gasteiger partial charge in [-0.2, -0.15) is 0 Å². The molecule has 0 N–H and O–H groups in total. The summed E-state index contributed by atoms with van der Waals surface area (Å²) < 4.78 is 24.3. The molecule has 82 valence electrons. The Bertz CT molecular complexity index is 357. The highest BCUT2D eigenvalue weighted by atomic mass is 19.1. The van der Waals surface area contributed by atoms with Crippen molar-refractivity contribution in [1.82, 2.24) is 0 Å². The molecule has 0 aromatic heterocycles. The van der Waals surface area contributed by atoms with E-state index in [9.17, 15) is 4.39 Å². The maximum absolute atomic E-state index is 13.1. The molecular weight excluding hydrogens is 195 g/mol. The van der Waals surface area contributed by atoms with Crippen LogP contribution < -0.4 is 0 Å². The molecule has 0 amide bonds. The summed E-state index contributed by atoms with van der Waals surface area (Å²) in [5, 5.41) is 0. The van der Waals surface area contributed by atoms with E-state index in [4.69, 9.17) is 9.47 Å². The number of hydrogen-bond acceptors (Lipinski definition) is 2. The van der Waals surface area contributed by atoms with Gasteiger partial charge < -0.3 is 9.47 Å². The highest BCUT2D eigenvalue weighted by Gasteiger charge is 2.31. The number of rotatable bonds is 1. The molecule has 3 heteroatoms. The van der Waals surface area contributed by atoms with Gasteiger partial charge >= 0.3 is 0 Å². The maximum atomic E-state index is 13.1. The largest absolute Gasteiger partial charge is 0.346 e. The van der Waals surface area contributed by atoms with Gasteiger partial charge in [-0.1, -0.05) is 6.07 Å². The maximum Gasteiger partial charge on any atom is 0.191 e. The fourth-order valence-corrected chi connectivity index (χ4v) is 1.73. The molecule has 0 aliphatic carbocycles. The lowest BCUT2D eigenvalue weighted by Crippen LogP contribution is -2.35. The average Bonchev–Trinajstić information content (AvgIpc) is 2.23. The molecule has 0 radical (unpaired) electrons. The Morgan fingerprint density at radius 1 is 1.27 bits per heavy atom. The second kappa shape index (κ2) is 3.91. The zero-order chi connectivity index (χ0) is 10.9. The van der Waals surface area contributed by atoms with E-state index >= 15 is 0 Å². The predicted molar refractivity (Wildman–Crippen MR) is 55.0 cm³/mol. The number of ether oxygens (including phenoxy) is 2. The summed E-state index contributed by atoms with van der Waals surface area (Å²) in [5.74, 6) is -0.908. The number of hydrogen-bond donors (Lipinski definition) is 0. The summed E-state index contributed by atoms with van der Waals surface area (Å²) in [6.07, 6.45) is 0.912. The SMILES string of the molecule is Cc1cc(C2(C)OCCCO2)ccc1F. The Balaban J connectivity index is 2.31. The highest BCUT2D eigenvalue weighted by molar-refractivity contribution is 5.27. The summed E-state index contributed by atoms with van der Waals surface area (Å²) in [4.78, 5) is 0. The first-order valence-electron chi connectivity index (χ1n) is 5.16. The van der Waals surface area contributed by atoms with Crippen LogP contribution in [0.15, 0.2) is 18.2 Å². The Morgan fingerprint density at radius 2 is 1.93 bits per heavy atom. The monoisotopic (exact) mass is 210 g/mol. The summed E-state index contributed by atoms with van der Waals surface area (Å²) in [5.41, 5.74) is 1.49. The molecule has 1 saturated heterocycles. The van der Waals surface area contributed by atoms with E-state index in [1.165, 1.54) is 6.07 Å². The molecule has 2 nitrogen and oxygen atoms in total. The number of halogens is 1. The molecule has 1 aromatic carbocycles. The lowest BCUT2D eigenvalue weighted by molar-refractivity contribution is -0.264. The summed E-state index contributed by atoms with van der Waals surface area (Å²) in [6.45, 7) is 4.99. The van der Waals surface area contributed by atoms with Crippen LogP contribution in [-0.4, -0.2) is 13.2 Å². The van der Waals surface area contributed by atoms with Crippen LogP contribution in [0.25, 0.3) is 0 Å². The average molecular weight is 210 g/mol. The Labute approximate surface area is 89.0 Å². The molecule has 1 fully saturated rings. The highest BCUT2D eigenvalue weighted by Crippen LogP contribution is 2.30. The molecule has 1 aliphatic heterocycles. The first kappa shape index (κ1) is 10.6. The molecule has 1 aliphatic rings. The Hall–Kier alpha value is -0.930. The third-order valence-corrected chi connectivity index (χ3v) is 2.73. The van der Waals surface area contributed by atoms with Crippen molar-refractivity contribution in [3.63, 3.8) is 0 Å². The van der Waals surface area contributed by atoms with E-state index in [1.807, 2.05) is 6.92 Å². The Morgan fingerprint density at radius 3 is 2.53 bits per heavy atom. The van der Waals surface area contributed by atoms with E-state index in [0.717, 1.165) is 12.0 Å². The standard InChI is InChI=1S/C12H15FO2/c1-9-8-10(4-5-11(9)13)12(2)14-6-3-7-15-12/h4-5,8H,3,6-7H2,1-2H3. The van der Waals surface area contributed by atoms with Gasteiger partial charge in [-0.05, 0) is 38.0 Å². The van der Waals surface area contributed by atoms with Gasteiger partial charge in [-0.25, -0.2) is 4.39 Å². The van der Waals surface area contributed by atoms with E-state index in [1.54, 1.807) is 19.1 Å². The van der Waals surface area contributed by atoms with Crippen LogP contribution in [0.2, 0.25) is 0 Å². The normalized spacial score (nSPS) is 20.2. The van der Waals surface area contributed by atoms with Crippen LogP contribution in [0.4, 0.5) is 4.39 Å². The van der Waals surface area contributed by atoms with Crippen molar-refractivity contribution in [1.29, 1.82) is 0 Å². The van der Waals surface area contributed by atoms with Crippen LogP contribution in [0, 0.1) is 12.7 Å². The fraction of sp³-hybridized carbons (Fsp3) is 0.500. The quantitative estimate of drug-likeness (QED) is 0.709. The van der Waals surface area contributed by atoms with Crippen LogP contribution >= 0.6 is 0 Å². The molecule has 15 heavy (non-hydrogen) atoms. The molecule has 0 saturated carbocycles. The van der Waals surface area contributed by atoms with Crippen molar-refractivity contribution < 1.29 is 13.9 Å². The molecule has 0 unspecified atom stereocenters. The van der Waals surface area contributed by atoms with Gasteiger partial charge in [0.25, 0.3) is 0 Å². The van der Waals surface area contributed by atoms with Crippen LogP contribution in [0.3, 0.4) is 0 Å². The summed E-state index contributed by atoms with van der Waals surface area (Å²) in [6, 6.07) is 4.95. The number of aryl methyl sites for hydroxylation is 1. The van der Waals surface area contributed by atoms with Crippen molar-refractivity contribution in [2.75, 3.05) is 13.2 Å². The number of benzene rings is 1. The molecule has 0 spiro atoms. The van der Waals surface area contributed by atoms with Gasteiger partial charge in [0.1, 0.15) is 5.82 Å². The third kappa shape index (κ3) is 2.03. The third-order valence-electron chi connectivity index (χ3n) is 2.73. The van der Waals surface area contributed by atoms with Gasteiger partial charge in [0, 0.05) is 5.56 Å². The van der Waals surface area contributed by atoms with E-state index in [2.05, 4.69) is 0 Å². The molecule has 0 atom stereocenters. The van der Waals surface area contributed by atoms with Gasteiger partial charge in [0.2, 0.25) is 0 Å². The van der Waals surface area contributed by atoms with Crippen molar-refractivity contribution in [3.8, 4) is 0 Å². The zero-order valence-corrected chi connectivity index (χ0v) is 9.05.